The lowest BCUT2D eigenvalue weighted by atomic mass is 9.77. The van der Waals surface area contributed by atoms with Crippen LogP contribution >= 0.6 is 22.6 Å². The minimum Gasteiger partial charge on any atom is -0.408 e. The maximum Gasteiger partial charge on any atom is 0.184 e. The predicted molar refractivity (Wildman–Crippen MR) is 98.4 cm³/mol. The molecule has 1 heterocycles. The predicted octanol–water partition coefficient (Wildman–Crippen LogP) is 4.66. The van der Waals surface area contributed by atoms with Gasteiger partial charge in [0, 0.05) is 16.4 Å². The standard InChI is InChI=1S/C17H25IO3Si/c1-22(2,3)21-16(14-4-6-15(18)7-5-14)8-10-17(11-9-16)19-12-13-20-17/h4-7H,8-13H2,1-3H3. The van der Waals surface area contributed by atoms with E-state index in [0.717, 1.165) is 38.9 Å². The van der Waals surface area contributed by atoms with Gasteiger partial charge in [-0.15, -0.1) is 0 Å². The van der Waals surface area contributed by atoms with Crippen molar-refractivity contribution in [3.05, 3.63) is 33.4 Å². The Labute approximate surface area is 148 Å². The van der Waals surface area contributed by atoms with Gasteiger partial charge in [-0.25, -0.2) is 0 Å². The molecule has 22 heavy (non-hydrogen) atoms. The molecule has 2 aliphatic rings. The number of rotatable bonds is 3. The maximum atomic E-state index is 6.72. The van der Waals surface area contributed by atoms with E-state index in [2.05, 4.69) is 66.5 Å². The maximum absolute atomic E-state index is 6.72. The van der Waals surface area contributed by atoms with Crippen molar-refractivity contribution in [3.8, 4) is 0 Å². The molecule has 1 saturated heterocycles. The summed E-state index contributed by atoms with van der Waals surface area (Å²) in [5.41, 5.74) is 1.14. The van der Waals surface area contributed by atoms with Crippen LogP contribution in [0.1, 0.15) is 31.2 Å². The molecule has 0 bridgehead atoms. The summed E-state index contributed by atoms with van der Waals surface area (Å²) < 4.78 is 19.8. The van der Waals surface area contributed by atoms with Gasteiger partial charge in [0.1, 0.15) is 0 Å². The molecule has 5 heteroatoms. The number of ether oxygens (including phenoxy) is 2. The van der Waals surface area contributed by atoms with E-state index in [1.807, 2.05) is 0 Å². The summed E-state index contributed by atoms with van der Waals surface area (Å²) in [6.07, 6.45) is 3.78. The van der Waals surface area contributed by atoms with Gasteiger partial charge in [-0.2, -0.15) is 0 Å². The van der Waals surface area contributed by atoms with E-state index < -0.39 is 8.32 Å². The van der Waals surface area contributed by atoms with Crippen LogP contribution in [0.15, 0.2) is 24.3 Å². The Morgan fingerprint density at radius 3 is 2.00 bits per heavy atom. The highest BCUT2D eigenvalue weighted by molar-refractivity contribution is 14.1. The number of hydrogen-bond donors (Lipinski definition) is 0. The molecule has 0 unspecified atom stereocenters. The zero-order chi connectivity index (χ0) is 15.8. The monoisotopic (exact) mass is 432 g/mol. The van der Waals surface area contributed by atoms with E-state index in [1.165, 1.54) is 9.13 Å². The summed E-state index contributed by atoms with van der Waals surface area (Å²) in [7, 11) is -1.65. The van der Waals surface area contributed by atoms with Gasteiger partial charge in [0.2, 0.25) is 0 Å². The molecule has 2 fully saturated rings. The second kappa shape index (κ2) is 6.16. The Bertz CT molecular complexity index is 508. The Balaban J connectivity index is 1.86. The van der Waals surface area contributed by atoms with Crippen molar-refractivity contribution in [2.75, 3.05) is 13.2 Å². The van der Waals surface area contributed by atoms with Crippen LogP contribution in [0.4, 0.5) is 0 Å². The van der Waals surface area contributed by atoms with Gasteiger partial charge in [-0.1, -0.05) is 12.1 Å². The molecule has 0 atom stereocenters. The number of halogens is 1. The van der Waals surface area contributed by atoms with Crippen LogP contribution in [-0.4, -0.2) is 27.3 Å². The summed E-state index contributed by atoms with van der Waals surface area (Å²) >= 11 is 2.35. The molecule has 1 saturated carbocycles. The van der Waals surface area contributed by atoms with E-state index in [9.17, 15) is 0 Å². The fourth-order valence-electron chi connectivity index (χ4n) is 3.61. The first kappa shape index (κ1) is 16.9. The highest BCUT2D eigenvalue weighted by atomic mass is 127. The molecule has 1 aliphatic heterocycles. The van der Waals surface area contributed by atoms with E-state index in [-0.39, 0.29) is 11.4 Å². The zero-order valence-corrected chi connectivity index (χ0v) is 16.8. The molecule has 3 rings (SSSR count). The third kappa shape index (κ3) is 3.58. The lowest BCUT2D eigenvalue weighted by Gasteiger charge is -2.46. The molecular formula is C17H25IO3Si. The fraction of sp³-hybridized carbons (Fsp3) is 0.647. The van der Waals surface area contributed by atoms with Crippen molar-refractivity contribution in [2.45, 2.75) is 56.7 Å². The van der Waals surface area contributed by atoms with Gasteiger partial charge < -0.3 is 13.9 Å². The average Bonchev–Trinajstić information content (AvgIpc) is 2.90. The Kier molecular flexibility index (Phi) is 4.73. The van der Waals surface area contributed by atoms with Crippen molar-refractivity contribution in [1.82, 2.24) is 0 Å². The van der Waals surface area contributed by atoms with Crippen molar-refractivity contribution >= 4 is 30.9 Å². The van der Waals surface area contributed by atoms with Gasteiger partial charge >= 0.3 is 0 Å². The molecule has 0 aromatic heterocycles. The van der Waals surface area contributed by atoms with Gasteiger partial charge in [-0.3, -0.25) is 0 Å². The number of hydrogen-bond acceptors (Lipinski definition) is 3. The Hall–Kier alpha value is 0.0469. The molecule has 0 amide bonds. The minimum absolute atomic E-state index is 0.171. The van der Waals surface area contributed by atoms with Gasteiger partial charge in [0.15, 0.2) is 14.1 Å². The van der Waals surface area contributed by atoms with Crippen LogP contribution in [0.5, 0.6) is 0 Å². The molecule has 0 radical (unpaired) electrons. The van der Waals surface area contributed by atoms with Crippen LogP contribution in [0.25, 0.3) is 0 Å². The van der Waals surface area contributed by atoms with Crippen LogP contribution < -0.4 is 0 Å². The summed E-state index contributed by atoms with van der Waals surface area (Å²) in [4.78, 5) is 0. The quantitative estimate of drug-likeness (QED) is 0.514. The zero-order valence-electron chi connectivity index (χ0n) is 13.7. The van der Waals surface area contributed by atoms with Crippen molar-refractivity contribution in [1.29, 1.82) is 0 Å². The van der Waals surface area contributed by atoms with Crippen LogP contribution in [0, 0.1) is 3.57 Å². The van der Waals surface area contributed by atoms with E-state index in [0.29, 0.717) is 0 Å². The molecule has 1 spiro atoms. The van der Waals surface area contributed by atoms with E-state index in [4.69, 9.17) is 13.9 Å². The smallest absolute Gasteiger partial charge is 0.184 e. The van der Waals surface area contributed by atoms with Crippen molar-refractivity contribution in [3.63, 3.8) is 0 Å². The normalized spacial score (nSPS) is 23.8. The van der Waals surface area contributed by atoms with E-state index >= 15 is 0 Å². The minimum atomic E-state index is -1.65. The fourth-order valence-corrected chi connectivity index (χ4v) is 5.46. The molecule has 1 aromatic rings. The van der Waals surface area contributed by atoms with Crippen LogP contribution in [-0.2, 0) is 19.5 Å². The second-order valence-corrected chi connectivity index (χ2v) is 13.0. The first-order valence-corrected chi connectivity index (χ1v) is 12.6. The summed E-state index contributed by atoms with van der Waals surface area (Å²) in [6, 6.07) is 8.82. The Morgan fingerprint density at radius 2 is 1.50 bits per heavy atom. The van der Waals surface area contributed by atoms with Crippen molar-refractivity contribution < 1.29 is 13.9 Å². The average molecular weight is 432 g/mol. The molecule has 3 nitrogen and oxygen atoms in total. The summed E-state index contributed by atoms with van der Waals surface area (Å²) in [5.74, 6) is -0.338. The highest BCUT2D eigenvalue weighted by Crippen LogP contribution is 2.48. The molecule has 1 aromatic carbocycles. The van der Waals surface area contributed by atoms with Crippen LogP contribution in [0.3, 0.4) is 0 Å². The largest absolute Gasteiger partial charge is 0.408 e. The van der Waals surface area contributed by atoms with Gasteiger partial charge in [0.25, 0.3) is 0 Å². The Morgan fingerprint density at radius 1 is 0.955 bits per heavy atom. The van der Waals surface area contributed by atoms with E-state index in [1.54, 1.807) is 0 Å². The molecule has 122 valence electrons. The highest BCUT2D eigenvalue weighted by Gasteiger charge is 2.48. The van der Waals surface area contributed by atoms with Gasteiger partial charge in [0.05, 0.1) is 18.8 Å². The number of benzene rings is 1. The second-order valence-electron chi connectivity index (χ2n) is 7.32. The molecular weight excluding hydrogens is 407 g/mol. The molecule has 1 aliphatic carbocycles. The first-order valence-electron chi connectivity index (χ1n) is 8.07. The SMILES string of the molecule is C[Si](C)(C)OC1(c2ccc(I)cc2)CCC2(CC1)OCCO2. The lowest BCUT2D eigenvalue weighted by molar-refractivity contribution is -0.201. The summed E-state index contributed by atoms with van der Waals surface area (Å²) in [5, 5.41) is 0. The van der Waals surface area contributed by atoms with Crippen molar-refractivity contribution in [2.24, 2.45) is 0 Å². The first-order chi connectivity index (χ1) is 10.3. The summed E-state index contributed by atoms with van der Waals surface area (Å²) in [6.45, 7) is 8.27. The molecule has 0 N–H and O–H groups in total. The third-order valence-electron chi connectivity index (χ3n) is 4.50. The third-order valence-corrected chi connectivity index (χ3v) is 6.23. The van der Waals surface area contributed by atoms with Crippen LogP contribution in [0.2, 0.25) is 19.6 Å². The van der Waals surface area contributed by atoms with Gasteiger partial charge in [-0.05, 0) is 72.8 Å². The lowest BCUT2D eigenvalue weighted by Crippen LogP contribution is -2.47. The topological polar surface area (TPSA) is 27.7 Å².